The summed E-state index contributed by atoms with van der Waals surface area (Å²) in [6, 6.07) is 9.21. The van der Waals surface area contributed by atoms with Crippen LogP contribution < -0.4 is 10.6 Å². The van der Waals surface area contributed by atoms with E-state index in [0.717, 1.165) is 16.9 Å². The lowest BCUT2D eigenvalue weighted by Gasteiger charge is -2.05. The lowest BCUT2D eigenvalue weighted by molar-refractivity contribution is 0.0531. The topological polar surface area (TPSA) is 80.3 Å². The number of nitrogens with zero attached hydrogens (tertiary/aromatic N) is 1. The van der Waals surface area contributed by atoms with Crippen molar-refractivity contribution in [3.63, 3.8) is 0 Å². The zero-order valence-corrected chi connectivity index (χ0v) is 13.2. The highest BCUT2D eigenvalue weighted by Gasteiger charge is 2.17. The van der Waals surface area contributed by atoms with E-state index in [-0.39, 0.29) is 6.03 Å². The third kappa shape index (κ3) is 4.29. The first kappa shape index (κ1) is 16.0. The van der Waals surface area contributed by atoms with Gasteiger partial charge in [-0.25, -0.2) is 14.6 Å². The molecule has 6 nitrogen and oxygen atoms in total. The summed E-state index contributed by atoms with van der Waals surface area (Å²) in [7, 11) is 0. The standard InChI is InChI=1S/C15H17N3O3S/c1-3-21-13(19)12-10(2)17-15(22-12)18-14(20)16-9-11-7-5-4-6-8-11/h4-8H,3,9H2,1-2H3,(H2,16,17,18,20). The third-order valence-electron chi connectivity index (χ3n) is 2.77. The number of aryl methyl sites for hydroxylation is 1. The minimum atomic E-state index is -0.421. The van der Waals surface area contributed by atoms with E-state index in [0.29, 0.717) is 28.9 Å². The van der Waals surface area contributed by atoms with Crippen molar-refractivity contribution in [3.8, 4) is 0 Å². The van der Waals surface area contributed by atoms with E-state index in [1.807, 2.05) is 30.3 Å². The van der Waals surface area contributed by atoms with Gasteiger partial charge in [-0.15, -0.1) is 0 Å². The number of hydrogen-bond acceptors (Lipinski definition) is 5. The Labute approximate surface area is 132 Å². The maximum Gasteiger partial charge on any atom is 0.350 e. The molecule has 0 bridgehead atoms. The average molecular weight is 319 g/mol. The van der Waals surface area contributed by atoms with Crippen LogP contribution in [0.15, 0.2) is 30.3 Å². The van der Waals surface area contributed by atoms with Gasteiger partial charge in [-0.2, -0.15) is 0 Å². The predicted molar refractivity (Wildman–Crippen MR) is 85.1 cm³/mol. The quantitative estimate of drug-likeness (QED) is 0.830. The van der Waals surface area contributed by atoms with E-state index >= 15 is 0 Å². The number of benzene rings is 1. The van der Waals surface area contributed by atoms with Gasteiger partial charge in [0.1, 0.15) is 4.88 Å². The first-order valence-electron chi connectivity index (χ1n) is 6.83. The summed E-state index contributed by atoms with van der Waals surface area (Å²) in [4.78, 5) is 28.1. The van der Waals surface area contributed by atoms with Gasteiger partial charge in [0.25, 0.3) is 0 Å². The van der Waals surface area contributed by atoms with E-state index in [9.17, 15) is 9.59 Å². The summed E-state index contributed by atoms with van der Waals surface area (Å²) in [5.74, 6) is -0.421. The maximum absolute atomic E-state index is 11.8. The number of rotatable bonds is 5. The molecule has 1 aromatic carbocycles. The Morgan fingerprint density at radius 3 is 2.68 bits per heavy atom. The fourth-order valence-electron chi connectivity index (χ4n) is 1.76. The number of ether oxygens (including phenoxy) is 1. The summed E-state index contributed by atoms with van der Waals surface area (Å²) in [5, 5.41) is 5.72. The van der Waals surface area contributed by atoms with Crippen LogP contribution in [0.25, 0.3) is 0 Å². The summed E-state index contributed by atoms with van der Waals surface area (Å²) in [6.07, 6.45) is 0. The van der Waals surface area contributed by atoms with Gasteiger partial charge < -0.3 is 10.1 Å². The van der Waals surface area contributed by atoms with Gasteiger partial charge in [-0.1, -0.05) is 41.7 Å². The van der Waals surface area contributed by atoms with Crippen molar-refractivity contribution < 1.29 is 14.3 Å². The largest absolute Gasteiger partial charge is 0.462 e. The average Bonchev–Trinajstić information content (AvgIpc) is 2.87. The molecule has 7 heteroatoms. The Hall–Kier alpha value is -2.41. The Kier molecular flexibility index (Phi) is 5.48. The number of anilines is 1. The smallest absolute Gasteiger partial charge is 0.350 e. The van der Waals surface area contributed by atoms with Gasteiger partial charge in [0, 0.05) is 6.54 Å². The molecule has 0 atom stereocenters. The zero-order chi connectivity index (χ0) is 15.9. The molecule has 0 aliphatic carbocycles. The lowest BCUT2D eigenvalue weighted by atomic mass is 10.2. The molecule has 0 spiro atoms. The Morgan fingerprint density at radius 2 is 2.00 bits per heavy atom. The zero-order valence-electron chi connectivity index (χ0n) is 12.4. The van der Waals surface area contributed by atoms with E-state index in [1.165, 1.54) is 0 Å². The number of amides is 2. The van der Waals surface area contributed by atoms with Gasteiger partial charge in [0.15, 0.2) is 5.13 Å². The van der Waals surface area contributed by atoms with E-state index in [2.05, 4.69) is 15.6 Å². The maximum atomic E-state index is 11.8. The molecule has 116 valence electrons. The summed E-state index contributed by atoms with van der Waals surface area (Å²) >= 11 is 1.10. The number of hydrogen-bond donors (Lipinski definition) is 2. The van der Waals surface area contributed by atoms with Crippen molar-refractivity contribution in [1.29, 1.82) is 0 Å². The molecule has 0 unspecified atom stereocenters. The molecule has 0 fully saturated rings. The second-order valence-corrected chi connectivity index (χ2v) is 5.45. The molecule has 0 radical (unpaired) electrons. The molecule has 22 heavy (non-hydrogen) atoms. The van der Waals surface area contributed by atoms with Gasteiger partial charge >= 0.3 is 12.0 Å². The van der Waals surface area contributed by atoms with E-state index in [4.69, 9.17) is 4.74 Å². The molecule has 1 aromatic heterocycles. The molecule has 0 saturated carbocycles. The van der Waals surface area contributed by atoms with Crippen LogP contribution in [-0.2, 0) is 11.3 Å². The van der Waals surface area contributed by atoms with E-state index in [1.54, 1.807) is 13.8 Å². The second kappa shape index (κ2) is 7.56. The van der Waals surface area contributed by atoms with Crippen LogP contribution in [0.2, 0.25) is 0 Å². The summed E-state index contributed by atoms with van der Waals surface area (Å²) in [5.41, 5.74) is 1.54. The molecule has 0 saturated heterocycles. The number of nitrogens with one attached hydrogen (secondary N) is 2. The van der Waals surface area contributed by atoms with Crippen molar-refractivity contribution in [2.24, 2.45) is 0 Å². The number of aromatic nitrogens is 1. The van der Waals surface area contributed by atoms with Gasteiger partial charge in [-0.3, -0.25) is 5.32 Å². The van der Waals surface area contributed by atoms with Crippen LogP contribution in [-0.4, -0.2) is 23.6 Å². The van der Waals surface area contributed by atoms with E-state index < -0.39 is 5.97 Å². The normalized spacial score (nSPS) is 10.1. The number of thiazole rings is 1. The van der Waals surface area contributed by atoms with Crippen LogP contribution in [0.5, 0.6) is 0 Å². The third-order valence-corrected chi connectivity index (χ3v) is 3.83. The first-order chi connectivity index (χ1) is 10.6. The van der Waals surface area contributed by atoms with Crippen molar-refractivity contribution in [2.75, 3.05) is 11.9 Å². The molecule has 2 N–H and O–H groups in total. The summed E-state index contributed by atoms with van der Waals surface area (Å²) in [6.45, 7) is 4.17. The van der Waals surface area contributed by atoms with Crippen molar-refractivity contribution in [3.05, 3.63) is 46.5 Å². The van der Waals surface area contributed by atoms with Crippen molar-refractivity contribution in [1.82, 2.24) is 10.3 Å². The van der Waals surface area contributed by atoms with Crippen LogP contribution >= 0.6 is 11.3 Å². The number of urea groups is 1. The molecule has 2 aromatic rings. The van der Waals surface area contributed by atoms with Gasteiger partial charge in [0.05, 0.1) is 12.3 Å². The van der Waals surface area contributed by atoms with Gasteiger partial charge in [0.2, 0.25) is 0 Å². The highest BCUT2D eigenvalue weighted by atomic mass is 32.1. The fourth-order valence-corrected chi connectivity index (χ4v) is 2.61. The van der Waals surface area contributed by atoms with Gasteiger partial charge in [-0.05, 0) is 19.4 Å². The Bertz CT molecular complexity index is 655. The van der Waals surface area contributed by atoms with Crippen LogP contribution in [0, 0.1) is 6.92 Å². The minimum absolute atomic E-state index is 0.302. The second-order valence-electron chi connectivity index (χ2n) is 4.45. The highest BCUT2D eigenvalue weighted by Crippen LogP contribution is 2.23. The van der Waals surface area contributed by atoms with Crippen molar-refractivity contribution in [2.45, 2.75) is 20.4 Å². The van der Waals surface area contributed by atoms with Crippen LogP contribution in [0.3, 0.4) is 0 Å². The molecule has 0 aliphatic rings. The lowest BCUT2D eigenvalue weighted by Crippen LogP contribution is -2.28. The number of carbonyl (C=O) groups is 2. The molecular formula is C15H17N3O3S. The van der Waals surface area contributed by atoms with Crippen molar-refractivity contribution >= 4 is 28.5 Å². The number of carbonyl (C=O) groups excluding carboxylic acids is 2. The molecule has 2 amide bonds. The number of esters is 1. The Balaban J connectivity index is 1.92. The first-order valence-corrected chi connectivity index (χ1v) is 7.65. The fraction of sp³-hybridized carbons (Fsp3) is 0.267. The predicted octanol–water partition coefficient (Wildman–Crippen LogP) is 2.95. The molecular weight excluding hydrogens is 302 g/mol. The molecule has 0 aliphatic heterocycles. The SMILES string of the molecule is CCOC(=O)c1sc(NC(=O)NCc2ccccc2)nc1C. The van der Waals surface area contributed by atoms with Crippen LogP contribution in [0.1, 0.15) is 27.9 Å². The van der Waals surface area contributed by atoms with Crippen LogP contribution in [0.4, 0.5) is 9.93 Å². The Morgan fingerprint density at radius 1 is 1.27 bits per heavy atom. The highest BCUT2D eigenvalue weighted by molar-refractivity contribution is 7.17. The molecule has 1 heterocycles. The molecule has 2 rings (SSSR count). The monoisotopic (exact) mass is 319 g/mol. The minimum Gasteiger partial charge on any atom is -0.462 e. The summed E-state index contributed by atoms with van der Waals surface area (Å²) < 4.78 is 4.94.